The Morgan fingerprint density at radius 3 is 2.56 bits per heavy atom. The second-order valence-corrected chi connectivity index (χ2v) is 7.84. The van der Waals surface area contributed by atoms with Crippen LogP contribution in [0.4, 0.5) is 0 Å². The third-order valence-electron chi connectivity index (χ3n) is 5.20. The van der Waals surface area contributed by atoms with Gasteiger partial charge in [0.05, 0.1) is 0 Å². The van der Waals surface area contributed by atoms with Crippen LogP contribution in [-0.4, -0.2) is 74.7 Å². The number of carbonyl (C=O) groups excluding carboxylic acids is 1. The van der Waals surface area contributed by atoms with E-state index >= 15 is 0 Å². The van der Waals surface area contributed by atoms with Gasteiger partial charge in [0.15, 0.2) is 0 Å². The summed E-state index contributed by atoms with van der Waals surface area (Å²) in [6, 6.07) is 7.84. The Morgan fingerprint density at radius 2 is 1.92 bits per heavy atom. The highest BCUT2D eigenvalue weighted by Crippen LogP contribution is 2.25. The molecule has 2 saturated heterocycles. The number of ether oxygens (including phenoxy) is 1. The summed E-state index contributed by atoms with van der Waals surface area (Å²) < 4.78 is 5.49. The molecule has 0 aliphatic carbocycles. The molecule has 138 valence electrons. The predicted molar refractivity (Wildman–Crippen MR) is 100 cm³/mol. The maximum Gasteiger partial charge on any atom is 0.251 e. The zero-order chi connectivity index (χ0) is 17.8. The third-order valence-corrected chi connectivity index (χ3v) is 5.45. The lowest BCUT2D eigenvalue weighted by Gasteiger charge is -2.31. The molecule has 2 aliphatic heterocycles. The van der Waals surface area contributed by atoms with E-state index in [0.29, 0.717) is 22.5 Å². The number of benzene rings is 1. The van der Waals surface area contributed by atoms with Crippen LogP contribution in [0.2, 0.25) is 5.02 Å². The Hall–Kier alpha value is -1.14. The summed E-state index contributed by atoms with van der Waals surface area (Å²) in [4.78, 5) is 17.4. The van der Waals surface area contributed by atoms with Gasteiger partial charge in [0.2, 0.25) is 0 Å². The first-order valence-corrected chi connectivity index (χ1v) is 9.43. The Labute approximate surface area is 155 Å². The third kappa shape index (κ3) is 4.94. The maximum absolute atomic E-state index is 12.6. The van der Waals surface area contributed by atoms with Crippen molar-refractivity contribution in [2.24, 2.45) is 5.92 Å². The molecule has 0 spiro atoms. The van der Waals surface area contributed by atoms with Gasteiger partial charge in [0.25, 0.3) is 5.91 Å². The molecule has 25 heavy (non-hydrogen) atoms. The summed E-state index contributed by atoms with van der Waals surface area (Å²) in [5.41, 5.74) is 0.664. The van der Waals surface area contributed by atoms with Crippen LogP contribution in [-0.2, 0) is 4.74 Å². The quantitative estimate of drug-likeness (QED) is 0.868. The zero-order valence-corrected chi connectivity index (χ0v) is 15.8. The number of halogens is 1. The molecule has 0 aromatic heterocycles. The van der Waals surface area contributed by atoms with Crippen molar-refractivity contribution in [1.82, 2.24) is 15.1 Å². The number of amides is 1. The van der Waals surface area contributed by atoms with Crippen LogP contribution in [0, 0.1) is 5.92 Å². The molecule has 1 amide bonds. The summed E-state index contributed by atoms with van der Waals surface area (Å²) in [6.07, 6.45) is 2.18. The maximum atomic E-state index is 12.6. The SMILES string of the molecule is CN(C)C[C@@H]1CN(C2CCOCC2)C[C@H]1NC(=O)c1ccc(Cl)cc1. The normalized spacial score (nSPS) is 25.4. The Balaban J connectivity index is 1.65. The zero-order valence-electron chi connectivity index (χ0n) is 15.1. The first-order chi connectivity index (χ1) is 12.0. The lowest BCUT2D eigenvalue weighted by Crippen LogP contribution is -2.44. The van der Waals surface area contributed by atoms with E-state index in [2.05, 4.69) is 29.2 Å². The Bertz CT molecular complexity index is 573. The molecule has 2 atom stereocenters. The summed E-state index contributed by atoms with van der Waals surface area (Å²) in [5, 5.41) is 3.90. The molecule has 6 heteroatoms. The molecule has 3 rings (SSSR count). The predicted octanol–water partition coefficient (Wildman–Crippen LogP) is 2.11. The minimum absolute atomic E-state index is 0.0146. The highest BCUT2D eigenvalue weighted by atomic mass is 35.5. The number of hydrogen-bond acceptors (Lipinski definition) is 4. The summed E-state index contributed by atoms with van der Waals surface area (Å²) in [6.45, 7) is 4.63. The van der Waals surface area contributed by atoms with Gasteiger partial charge in [-0.05, 0) is 51.2 Å². The van der Waals surface area contributed by atoms with Gasteiger partial charge >= 0.3 is 0 Å². The molecule has 2 fully saturated rings. The van der Waals surface area contributed by atoms with E-state index in [9.17, 15) is 4.79 Å². The molecule has 5 nitrogen and oxygen atoms in total. The van der Waals surface area contributed by atoms with Crippen LogP contribution in [0.25, 0.3) is 0 Å². The van der Waals surface area contributed by atoms with Gasteiger partial charge < -0.3 is 15.0 Å². The minimum atomic E-state index is -0.0146. The summed E-state index contributed by atoms with van der Waals surface area (Å²) in [5.74, 6) is 0.424. The molecule has 0 saturated carbocycles. The van der Waals surface area contributed by atoms with E-state index in [1.54, 1.807) is 24.3 Å². The van der Waals surface area contributed by atoms with E-state index in [0.717, 1.165) is 45.7 Å². The van der Waals surface area contributed by atoms with Gasteiger partial charge in [-0.25, -0.2) is 0 Å². The molecule has 0 unspecified atom stereocenters. The molecular weight excluding hydrogens is 338 g/mol. The molecule has 2 heterocycles. The number of carbonyl (C=O) groups is 1. The van der Waals surface area contributed by atoms with Gasteiger partial charge in [-0.1, -0.05) is 11.6 Å². The average Bonchev–Trinajstić information content (AvgIpc) is 2.98. The van der Waals surface area contributed by atoms with E-state index in [4.69, 9.17) is 16.3 Å². The fourth-order valence-corrected chi connectivity index (χ4v) is 4.05. The lowest BCUT2D eigenvalue weighted by molar-refractivity contribution is 0.0403. The molecule has 2 aliphatic rings. The van der Waals surface area contributed by atoms with Crippen molar-refractivity contribution < 1.29 is 9.53 Å². The van der Waals surface area contributed by atoms with Crippen LogP contribution in [0.5, 0.6) is 0 Å². The fourth-order valence-electron chi connectivity index (χ4n) is 3.92. The molecule has 1 N–H and O–H groups in total. The van der Waals surface area contributed by atoms with E-state index in [1.807, 2.05) is 0 Å². The van der Waals surface area contributed by atoms with Crippen molar-refractivity contribution >= 4 is 17.5 Å². The highest BCUT2D eigenvalue weighted by Gasteiger charge is 2.37. The van der Waals surface area contributed by atoms with Crippen LogP contribution in [0.3, 0.4) is 0 Å². The number of nitrogens with one attached hydrogen (secondary N) is 1. The van der Waals surface area contributed by atoms with Crippen molar-refractivity contribution in [3.8, 4) is 0 Å². The molecule has 0 bridgehead atoms. The molecule has 0 radical (unpaired) electrons. The van der Waals surface area contributed by atoms with Crippen LogP contribution in [0.1, 0.15) is 23.2 Å². The standard InChI is InChI=1S/C19H28ClN3O2/c1-22(2)11-15-12-23(17-7-9-25-10-8-17)13-18(15)21-19(24)14-3-5-16(20)6-4-14/h3-6,15,17-18H,7-13H2,1-2H3,(H,21,24)/t15-,18-/m1/s1. The summed E-state index contributed by atoms with van der Waals surface area (Å²) >= 11 is 5.92. The second kappa shape index (κ2) is 8.49. The first-order valence-electron chi connectivity index (χ1n) is 9.06. The van der Waals surface area contributed by atoms with Crippen molar-refractivity contribution in [2.45, 2.75) is 24.9 Å². The van der Waals surface area contributed by atoms with Gasteiger partial charge in [-0.3, -0.25) is 9.69 Å². The first kappa shape index (κ1) is 18.6. The van der Waals surface area contributed by atoms with Gasteiger partial charge in [-0.15, -0.1) is 0 Å². The Morgan fingerprint density at radius 1 is 1.24 bits per heavy atom. The van der Waals surface area contributed by atoms with Crippen molar-refractivity contribution in [3.05, 3.63) is 34.9 Å². The van der Waals surface area contributed by atoms with Gasteiger partial charge in [-0.2, -0.15) is 0 Å². The number of hydrogen-bond donors (Lipinski definition) is 1. The average molecular weight is 366 g/mol. The highest BCUT2D eigenvalue weighted by molar-refractivity contribution is 6.30. The van der Waals surface area contributed by atoms with Crippen molar-refractivity contribution in [3.63, 3.8) is 0 Å². The Kier molecular flexibility index (Phi) is 6.34. The second-order valence-electron chi connectivity index (χ2n) is 7.41. The van der Waals surface area contributed by atoms with Crippen molar-refractivity contribution in [1.29, 1.82) is 0 Å². The minimum Gasteiger partial charge on any atom is -0.381 e. The molecule has 1 aromatic carbocycles. The van der Waals surface area contributed by atoms with Gasteiger partial charge in [0, 0.05) is 61.4 Å². The molecular formula is C19H28ClN3O2. The molecule has 1 aromatic rings. The van der Waals surface area contributed by atoms with Crippen LogP contribution >= 0.6 is 11.6 Å². The smallest absolute Gasteiger partial charge is 0.251 e. The van der Waals surface area contributed by atoms with E-state index in [-0.39, 0.29) is 11.9 Å². The van der Waals surface area contributed by atoms with E-state index < -0.39 is 0 Å². The number of likely N-dealkylation sites (tertiary alicyclic amines) is 1. The monoisotopic (exact) mass is 365 g/mol. The fraction of sp³-hybridized carbons (Fsp3) is 0.632. The number of nitrogens with zero attached hydrogens (tertiary/aromatic N) is 2. The van der Waals surface area contributed by atoms with Crippen LogP contribution in [0.15, 0.2) is 24.3 Å². The van der Waals surface area contributed by atoms with Crippen LogP contribution < -0.4 is 5.32 Å². The topological polar surface area (TPSA) is 44.8 Å². The van der Waals surface area contributed by atoms with E-state index in [1.165, 1.54) is 0 Å². The largest absolute Gasteiger partial charge is 0.381 e. The van der Waals surface area contributed by atoms with Crippen molar-refractivity contribution in [2.75, 3.05) is 46.9 Å². The van der Waals surface area contributed by atoms with Gasteiger partial charge in [0.1, 0.15) is 0 Å². The summed E-state index contributed by atoms with van der Waals surface area (Å²) in [7, 11) is 4.18. The number of rotatable bonds is 5. The lowest BCUT2D eigenvalue weighted by atomic mass is 10.0.